The third-order valence-electron chi connectivity index (χ3n) is 2.54. The van der Waals surface area contributed by atoms with E-state index in [2.05, 4.69) is 5.32 Å². The molecule has 1 atom stereocenters. The zero-order chi connectivity index (χ0) is 13.1. The number of nitrogens with one attached hydrogen (secondary N) is 1. The van der Waals surface area contributed by atoms with E-state index < -0.39 is 11.6 Å². The molecule has 0 aliphatic carbocycles. The molecule has 1 aromatic heterocycles. The number of nitriles is 1. The standard InChI is InChI=1S/C13H10F2N2O/c1-8(11-3-2-6-18-11)17-10-5-4-9(7-16)12(14)13(10)15/h2-6,8,17H,1H3. The van der Waals surface area contributed by atoms with Crippen LogP contribution in [0.15, 0.2) is 34.9 Å². The molecule has 0 radical (unpaired) electrons. The minimum absolute atomic E-state index is 0.00426. The van der Waals surface area contributed by atoms with Crippen molar-refractivity contribution in [3.05, 3.63) is 53.5 Å². The maximum Gasteiger partial charge on any atom is 0.183 e. The molecule has 1 aromatic carbocycles. The minimum Gasteiger partial charge on any atom is -0.467 e. The van der Waals surface area contributed by atoms with E-state index in [4.69, 9.17) is 9.68 Å². The Morgan fingerprint density at radius 3 is 2.67 bits per heavy atom. The van der Waals surface area contributed by atoms with Crippen molar-refractivity contribution in [3.63, 3.8) is 0 Å². The van der Waals surface area contributed by atoms with Crippen molar-refractivity contribution in [2.24, 2.45) is 0 Å². The second-order valence-electron chi connectivity index (χ2n) is 3.78. The summed E-state index contributed by atoms with van der Waals surface area (Å²) in [4.78, 5) is 0. The highest BCUT2D eigenvalue weighted by molar-refractivity contribution is 5.50. The maximum atomic E-state index is 13.6. The molecule has 0 saturated heterocycles. The Morgan fingerprint density at radius 2 is 2.06 bits per heavy atom. The number of nitrogens with zero attached hydrogens (tertiary/aromatic N) is 1. The number of hydrogen-bond acceptors (Lipinski definition) is 3. The van der Waals surface area contributed by atoms with Crippen LogP contribution in [0.5, 0.6) is 0 Å². The van der Waals surface area contributed by atoms with Gasteiger partial charge in [-0.25, -0.2) is 8.78 Å². The van der Waals surface area contributed by atoms with Crippen LogP contribution in [0.3, 0.4) is 0 Å². The smallest absolute Gasteiger partial charge is 0.183 e. The molecule has 1 unspecified atom stereocenters. The van der Waals surface area contributed by atoms with Gasteiger partial charge in [0.25, 0.3) is 0 Å². The van der Waals surface area contributed by atoms with E-state index in [9.17, 15) is 8.78 Å². The van der Waals surface area contributed by atoms with Gasteiger partial charge in [0.2, 0.25) is 0 Å². The summed E-state index contributed by atoms with van der Waals surface area (Å²) in [5.41, 5.74) is -0.320. The number of anilines is 1. The summed E-state index contributed by atoms with van der Waals surface area (Å²) in [6, 6.07) is 7.28. The third-order valence-corrected chi connectivity index (χ3v) is 2.54. The van der Waals surface area contributed by atoms with Gasteiger partial charge in [-0.05, 0) is 31.2 Å². The summed E-state index contributed by atoms with van der Waals surface area (Å²) in [7, 11) is 0. The summed E-state index contributed by atoms with van der Waals surface area (Å²) >= 11 is 0. The van der Waals surface area contributed by atoms with Crippen molar-refractivity contribution in [1.29, 1.82) is 5.26 Å². The molecule has 0 aliphatic rings. The van der Waals surface area contributed by atoms with E-state index in [1.54, 1.807) is 25.1 Å². The Bertz CT molecular complexity index is 588. The lowest BCUT2D eigenvalue weighted by Crippen LogP contribution is -2.08. The zero-order valence-electron chi connectivity index (χ0n) is 9.58. The largest absolute Gasteiger partial charge is 0.467 e. The molecule has 0 saturated carbocycles. The third kappa shape index (κ3) is 2.18. The van der Waals surface area contributed by atoms with Gasteiger partial charge in [0.05, 0.1) is 23.6 Å². The van der Waals surface area contributed by atoms with E-state index in [0.717, 1.165) is 0 Å². The predicted octanol–water partition coefficient (Wildman–Crippen LogP) is 3.60. The number of benzene rings is 1. The van der Waals surface area contributed by atoms with Gasteiger partial charge in [0.15, 0.2) is 11.6 Å². The highest BCUT2D eigenvalue weighted by atomic mass is 19.2. The SMILES string of the molecule is CC(Nc1ccc(C#N)c(F)c1F)c1ccco1. The summed E-state index contributed by atoms with van der Waals surface area (Å²) in [5.74, 6) is -1.60. The molecule has 18 heavy (non-hydrogen) atoms. The first-order chi connectivity index (χ1) is 8.63. The molecule has 0 spiro atoms. The van der Waals surface area contributed by atoms with Crippen molar-refractivity contribution in [1.82, 2.24) is 0 Å². The van der Waals surface area contributed by atoms with Crippen LogP contribution in [0, 0.1) is 23.0 Å². The molecular formula is C13H10F2N2O. The van der Waals surface area contributed by atoms with Crippen LogP contribution >= 0.6 is 0 Å². The minimum atomic E-state index is -1.14. The van der Waals surface area contributed by atoms with Gasteiger partial charge in [0.1, 0.15) is 11.8 Å². The lowest BCUT2D eigenvalue weighted by atomic mass is 10.1. The fourth-order valence-corrected chi connectivity index (χ4v) is 1.59. The summed E-state index contributed by atoms with van der Waals surface area (Å²) in [6.07, 6.45) is 1.50. The van der Waals surface area contributed by atoms with Crippen molar-refractivity contribution in [3.8, 4) is 6.07 Å². The Kier molecular flexibility index (Phi) is 3.28. The molecule has 2 aromatic rings. The second-order valence-corrected chi connectivity index (χ2v) is 3.78. The number of rotatable bonds is 3. The highest BCUT2D eigenvalue weighted by Crippen LogP contribution is 2.24. The second kappa shape index (κ2) is 4.88. The number of furan rings is 1. The molecular weight excluding hydrogens is 238 g/mol. The molecule has 5 heteroatoms. The van der Waals surface area contributed by atoms with Crippen molar-refractivity contribution in [2.45, 2.75) is 13.0 Å². The summed E-state index contributed by atoms with van der Waals surface area (Å²) in [5, 5.41) is 11.4. The molecule has 1 N–H and O–H groups in total. The quantitative estimate of drug-likeness (QED) is 0.902. The Morgan fingerprint density at radius 1 is 1.28 bits per heavy atom. The van der Waals surface area contributed by atoms with Gasteiger partial charge in [-0.15, -0.1) is 0 Å². The molecule has 0 fully saturated rings. The first-order valence-electron chi connectivity index (χ1n) is 5.31. The first kappa shape index (κ1) is 12.1. The van der Waals surface area contributed by atoms with Gasteiger partial charge < -0.3 is 9.73 Å². The molecule has 3 nitrogen and oxygen atoms in total. The lowest BCUT2D eigenvalue weighted by Gasteiger charge is -2.14. The van der Waals surface area contributed by atoms with Crippen molar-refractivity contribution < 1.29 is 13.2 Å². The average Bonchev–Trinajstić information content (AvgIpc) is 2.89. The fraction of sp³-hybridized carbons (Fsp3) is 0.154. The van der Waals surface area contributed by atoms with Crippen LogP contribution < -0.4 is 5.32 Å². The van der Waals surface area contributed by atoms with Crippen molar-refractivity contribution >= 4 is 5.69 Å². The van der Waals surface area contributed by atoms with Gasteiger partial charge in [-0.1, -0.05) is 0 Å². The highest BCUT2D eigenvalue weighted by Gasteiger charge is 2.16. The lowest BCUT2D eigenvalue weighted by molar-refractivity contribution is 0.484. The maximum absolute atomic E-state index is 13.6. The van der Waals surface area contributed by atoms with Gasteiger partial charge >= 0.3 is 0 Å². The van der Waals surface area contributed by atoms with E-state index in [0.29, 0.717) is 5.76 Å². The van der Waals surface area contributed by atoms with Crippen LogP contribution in [0.2, 0.25) is 0 Å². The Balaban J connectivity index is 2.26. The van der Waals surface area contributed by atoms with Crippen LogP contribution in [0.25, 0.3) is 0 Å². The van der Waals surface area contributed by atoms with Crippen LogP contribution in [0.4, 0.5) is 14.5 Å². The monoisotopic (exact) mass is 248 g/mol. The Hall–Kier alpha value is -2.35. The number of hydrogen-bond donors (Lipinski definition) is 1. The number of halogens is 2. The average molecular weight is 248 g/mol. The summed E-state index contributed by atoms with van der Waals surface area (Å²) < 4.78 is 32.2. The molecule has 1 heterocycles. The van der Waals surface area contributed by atoms with E-state index in [-0.39, 0.29) is 17.3 Å². The van der Waals surface area contributed by atoms with E-state index >= 15 is 0 Å². The molecule has 0 aliphatic heterocycles. The van der Waals surface area contributed by atoms with Gasteiger partial charge in [-0.2, -0.15) is 5.26 Å². The topological polar surface area (TPSA) is 49.0 Å². The van der Waals surface area contributed by atoms with Crippen molar-refractivity contribution in [2.75, 3.05) is 5.32 Å². The molecule has 2 rings (SSSR count). The molecule has 0 amide bonds. The Labute approximate surface area is 103 Å². The predicted molar refractivity (Wildman–Crippen MR) is 61.8 cm³/mol. The zero-order valence-corrected chi connectivity index (χ0v) is 9.58. The first-order valence-corrected chi connectivity index (χ1v) is 5.31. The normalized spacial score (nSPS) is 11.9. The van der Waals surface area contributed by atoms with Crippen LogP contribution in [-0.4, -0.2) is 0 Å². The summed E-state index contributed by atoms with van der Waals surface area (Å²) in [6.45, 7) is 1.76. The fourth-order valence-electron chi connectivity index (χ4n) is 1.59. The van der Waals surface area contributed by atoms with Crippen LogP contribution in [0.1, 0.15) is 24.3 Å². The van der Waals surface area contributed by atoms with Crippen LogP contribution in [-0.2, 0) is 0 Å². The van der Waals surface area contributed by atoms with Gasteiger partial charge in [0, 0.05) is 0 Å². The molecule has 0 bridgehead atoms. The molecule has 92 valence electrons. The van der Waals surface area contributed by atoms with E-state index in [1.807, 2.05) is 0 Å². The van der Waals surface area contributed by atoms with Gasteiger partial charge in [-0.3, -0.25) is 0 Å². The van der Waals surface area contributed by atoms with E-state index in [1.165, 1.54) is 18.4 Å².